The minimum atomic E-state index is -0.242. The molecule has 5 nitrogen and oxygen atoms in total. The first-order valence-electron chi connectivity index (χ1n) is 7.80. The van der Waals surface area contributed by atoms with Crippen molar-refractivity contribution in [3.05, 3.63) is 71.8 Å². The second-order valence-corrected chi connectivity index (χ2v) is 5.80. The third-order valence-electron chi connectivity index (χ3n) is 4.38. The maximum Gasteiger partial charge on any atom is 0.222 e. The fourth-order valence-corrected chi connectivity index (χ4v) is 3.17. The van der Waals surface area contributed by atoms with Crippen LogP contribution in [0.2, 0.25) is 0 Å². The first-order chi connectivity index (χ1) is 11.7. The number of nitrogens with zero attached hydrogens (tertiary/aromatic N) is 3. The Balaban J connectivity index is 1.70. The summed E-state index contributed by atoms with van der Waals surface area (Å²) < 4.78 is 20.7. The van der Waals surface area contributed by atoms with E-state index >= 15 is 0 Å². The molecule has 1 aliphatic rings. The number of rotatable bonds is 3. The van der Waals surface area contributed by atoms with Crippen molar-refractivity contribution >= 4 is 5.95 Å². The number of nitrogens with one attached hydrogen (secondary N) is 1. The number of halogens is 1. The number of fused-ring (bicyclic) bond motifs is 1. The van der Waals surface area contributed by atoms with Crippen LogP contribution < -0.4 is 10.1 Å². The summed E-state index contributed by atoms with van der Waals surface area (Å²) in [6, 6.07) is 14.6. The van der Waals surface area contributed by atoms with E-state index in [-0.39, 0.29) is 17.9 Å². The number of anilines is 1. The van der Waals surface area contributed by atoms with Gasteiger partial charge in [0.05, 0.1) is 19.2 Å². The molecule has 2 atom stereocenters. The van der Waals surface area contributed by atoms with Gasteiger partial charge in [-0.1, -0.05) is 24.3 Å². The van der Waals surface area contributed by atoms with E-state index < -0.39 is 0 Å². The molecular weight excluding hydrogens is 307 g/mol. The van der Waals surface area contributed by atoms with E-state index in [1.807, 2.05) is 35.0 Å². The molecule has 0 amide bonds. The van der Waals surface area contributed by atoms with E-state index in [4.69, 9.17) is 4.74 Å². The zero-order valence-corrected chi connectivity index (χ0v) is 13.2. The largest absolute Gasteiger partial charge is 0.497 e. The van der Waals surface area contributed by atoms with Crippen LogP contribution in [0.25, 0.3) is 0 Å². The highest BCUT2D eigenvalue weighted by Crippen LogP contribution is 2.37. The molecule has 1 aliphatic heterocycles. The van der Waals surface area contributed by atoms with Crippen LogP contribution >= 0.6 is 0 Å². The van der Waals surface area contributed by atoms with Crippen molar-refractivity contribution in [2.24, 2.45) is 0 Å². The molecule has 4 rings (SSSR count). The number of methoxy groups -OCH3 is 1. The van der Waals surface area contributed by atoms with E-state index in [1.165, 1.54) is 12.4 Å². The lowest BCUT2D eigenvalue weighted by molar-refractivity contribution is 0.413. The van der Waals surface area contributed by atoms with Crippen LogP contribution in [0.15, 0.2) is 54.9 Å². The van der Waals surface area contributed by atoms with E-state index in [0.717, 1.165) is 23.3 Å². The number of aromatic nitrogens is 3. The minimum Gasteiger partial charge on any atom is -0.497 e. The van der Waals surface area contributed by atoms with E-state index in [9.17, 15) is 4.39 Å². The molecule has 0 saturated carbocycles. The fraction of sp³-hybridized carbons (Fsp3) is 0.222. The minimum absolute atomic E-state index is 0.0634. The van der Waals surface area contributed by atoms with Crippen molar-refractivity contribution in [2.75, 3.05) is 12.4 Å². The third-order valence-corrected chi connectivity index (χ3v) is 4.38. The van der Waals surface area contributed by atoms with Crippen LogP contribution in [0, 0.1) is 5.82 Å². The lowest BCUT2D eigenvalue weighted by Crippen LogP contribution is -2.28. The predicted molar refractivity (Wildman–Crippen MR) is 88.5 cm³/mol. The molecular formula is C18H17FN4O. The average Bonchev–Trinajstić information content (AvgIpc) is 3.09. The van der Waals surface area contributed by atoms with E-state index in [1.54, 1.807) is 19.2 Å². The highest BCUT2D eigenvalue weighted by molar-refractivity contribution is 5.39. The molecule has 24 heavy (non-hydrogen) atoms. The van der Waals surface area contributed by atoms with Gasteiger partial charge in [0, 0.05) is 0 Å². The van der Waals surface area contributed by atoms with Gasteiger partial charge in [0.15, 0.2) is 0 Å². The van der Waals surface area contributed by atoms with Gasteiger partial charge in [-0.25, -0.2) is 9.07 Å². The first-order valence-corrected chi connectivity index (χ1v) is 7.80. The van der Waals surface area contributed by atoms with Gasteiger partial charge in [0.2, 0.25) is 5.95 Å². The van der Waals surface area contributed by atoms with Crippen molar-refractivity contribution in [1.82, 2.24) is 14.8 Å². The summed E-state index contributed by atoms with van der Waals surface area (Å²) in [6.45, 7) is 0. The molecule has 2 heterocycles. The summed E-state index contributed by atoms with van der Waals surface area (Å²) in [5.74, 6) is 1.27. The Morgan fingerprint density at radius 1 is 1.17 bits per heavy atom. The maximum absolute atomic E-state index is 13.7. The second-order valence-electron chi connectivity index (χ2n) is 5.80. The van der Waals surface area contributed by atoms with Gasteiger partial charge in [-0.15, -0.1) is 0 Å². The summed E-state index contributed by atoms with van der Waals surface area (Å²) >= 11 is 0. The number of hydrogen-bond donors (Lipinski definition) is 1. The quantitative estimate of drug-likeness (QED) is 0.800. The second kappa shape index (κ2) is 5.96. The Morgan fingerprint density at radius 2 is 2.00 bits per heavy atom. The molecule has 0 spiro atoms. The molecule has 0 aliphatic carbocycles. The summed E-state index contributed by atoms with van der Waals surface area (Å²) in [5.41, 5.74) is 2.02. The van der Waals surface area contributed by atoms with Crippen LogP contribution in [0.1, 0.15) is 29.6 Å². The molecule has 0 fully saturated rings. The monoisotopic (exact) mass is 324 g/mol. The predicted octanol–water partition coefficient (Wildman–Crippen LogP) is 3.57. The van der Waals surface area contributed by atoms with Crippen molar-refractivity contribution < 1.29 is 9.13 Å². The van der Waals surface area contributed by atoms with Crippen LogP contribution in [-0.2, 0) is 0 Å². The highest BCUT2D eigenvalue weighted by Gasteiger charge is 2.30. The maximum atomic E-state index is 13.7. The topological polar surface area (TPSA) is 52.0 Å². The molecule has 1 N–H and O–H groups in total. The van der Waals surface area contributed by atoms with Crippen LogP contribution in [0.4, 0.5) is 10.3 Å². The third kappa shape index (κ3) is 2.60. The number of benzene rings is 2. The molecule has 122 valence electrons. The Labute approximate surface area is 139 Å². The molecule has 0 saturated heterocycles. The average molecular weight is 324 g/mol. The van der Waals surface area contributed by atoms with Crippen LogP contribution in [-0.4, -0.2) is 21.9 Å². The van der Waals surface area contributed by atoms with Crippen LogP contribution in [0.3, 0.4) is 0 Å². The van der Waals surface area contributed by atoms with Gasteiger partial charge in [-0.05, 0) is 41.8 Å². The molecule has 0 radical (unpaired) electrons. The van der Waals surface area contributed by atoms with Crippen molar-refractivity contribution in [2.45, 2.75) is 18.5 Å². The van der Waals surface area contributed by atoms with E-state index in [2.05, 4.69) is 15.4 Å². The lowest BCUT2D eigenvalue weighted by Gasteiger charge is -2.31. The SMILES string of the molecule is COc1ccc([C@@H]2C[C@@H](c3cccc(F)c3)n3ncnc3N2)cc1. The van der Waals surface area contributed by atoms with Crippen molar-refractivity contribution in [3.8, 4) is 5.75 Å². The van der Waals surface area contributed by atoms with Crippen molar-refractivity contribution in [3.63, 3.8) is 0 Å². The summed E-state index contributed by atoms with van der Waals surface area (Å²) in [5, 5.41) is 7.70. The normalized spacial score (nSPS) is 19.4. The van der Waals surface area contributed by atoms with Crippen LogP contribution in [0.5, 0.6) is 5.75 Å². The number of hydrogen-bond acceptors (Lipinski definition) is 4. The molecule has 3 aromatic rings. The molecule has 6 heteroatoms. The molecule has 1 aromatic heterocycles. The zero-order valence-electron chi connectivity index (χ0n) is 13.2. The zero-order chi connectivity index (χ0) is 16.5. The van der Waals surface area contributed by atoms with Gasteiger partial charge < -0.3 is 10.1 Å². The summed E-state index contributed by atoms with van der Waals surface area (Å²) in [7, 11) is 1.65. The summed E-state index contributed by atoms with van der Waals surface area (Å²) in [4.78, 5) is 4.29. The first kappa shape index (κ1) is 14.7. The Bertz CT molecular complexity index is 846. The molecule has 0 unspecified atom stereocenters. The van der Waals surface area contributed by atoms with Crippen molar-refractivity contribution in [1.29, 1.82) is 0 Å². The fourth-order valence-electron chi connectivity index (χ4n) is 3.17. The van der Waals surface area contributed by atoms with Gasteiger partial charge in [-0.2, -0.15) is 10.1 Å². The molecule has 2 aromatic carbocycles. The van der Waals surface area contributed by atoms with Gasteiger partial charge in [-0.3, -0.25) is 0 Å². The number of ether oxygens (including phenoxy) is 1. The highest BCUT2D eigenvalue weighted by atomic mass is 19.1. The van der Waals surface area contributed by atoms with Gasteiger partial charge in [0.25, 0.3) is 0 Å². The molecule has 0 bridgehead atoms. The Kier molecular flexibility index (Phi) is 3.65. The summed E-state index contributed by atoms with van der Waals surface area (Å²) in [6.07, 6.45) is 2.27. The Morgan fingerprint density at radius 3 is 2.75 bits per heavy atom. The smallest absolute Gasteiger partial charge is 0.222 e. The van der Waals surface area contributed by atoms with Gasteiger partial charge in [0.1, 0.15) is 17.9 Å². The van der Waals surface area contributed by atoms with Gasteiger partial charge >= 0.3 is 0 Å². The lowest BCUT2D eigenvalue weighted by atomic mass is 9.93. The van der Waals surface area contributed by atoms with E-state index in [0.29, 0.717) is 5.95 Å². The Hall–Kier alpha value is -2.89. The standard InChI is InChI=1S/C18H17FN4O/c1-24-15-7-5-12(6-8-15)16-10-17(13-3-2-4-14(19)9-13)23-18(22-16)20-11-21-23/h2-9,11,16-17H,10H2,1H3,(H,20,21,22)/t16-,17-/m0/s1.